The van der Waals surface area contributed by atoms with Crippen molar-refractivity contribution in [3.63, 3.8) is 0 Å². The van der Waals surface area contributed by atoms with E-state index in [4.69, 9.17) is 5.73 Å². The van der Waals surface area contributed by atoms with Gasteiger partial charge >= 0.3 is 0 Å². The average Bonchev–Trinajstić information content (AvgIpc) is 3.20. The molecule has 0 aliphatic carbocycles. The summed E-state index contributed by atoms with van der Waals surface area (Å²) in [7, 11) is 0. The van der Waals surface area contributed by atoms with E-state index in [9.17, 15) is 13.6 Å². The summed E-state index contributed by atoms with van der Waals surface area (Å²) in [5.74, 6) is -2.29. The van der Waals surface area contributed by atoms with E-state index in [1.807, 2.05) is 23.8 Å². The van der Waals surface area contributed by atoms with Crippen molar-refractivity contribution in [3.05, 3.63) is 63.9 Å². The first-order valence-corrected chi connectivity index (χ1v) is 9.17. The lowest BCUT2D eigenvalue weighted by molar-refractivity contribution is 0.1000. The highest BCUT2D eigenvalue weighted by Crippen LogP contribution is 2.35. The summed E-state index contributed by atoms with van der Waals surface area (Å²) in [6.45, 7) is 4.18. The molecule has 2 aromatic heterocycles. The Kier molecular flexibility index (Phi) is 5.18. The number of amides is 1. The molecular weight excluding hydrogens is 356 g/mol. The van der Waals surface area contributed by atoms with Gasteiger partial charge in [-0.1, -0.05) is 19.4 Å². The number of nitrogens with zero attached hydrogens (tertiary/aromatic N) is 2. The number of benzene rings is 1. The number of hydrogen-bond donors (Lipinski definition) is 1. The van der Waals surface area contributed by atoms with Gasteiger partial charge in [0.05, 0.1) is 5.56 Å². The van der Waals surface area contributed by atoms with Crippen molar-refractivity contribution in [1.29, 1.82) is 0 Å². The zero-order valence-corrected chi connectivity index (χ0v) is 15.4. The van der Waals surface area contributed by atoms with Gasteiger partial charge < -0.3 is 10.3 Å². The van der Waals surface area contributed by atoms with Crippen molar-refractivity contribution in [3.8, 4) is 10.6 Å². The standard InChI is InChI=1S/C19H19F2N3OS/c1-3-4-15-17(19-23-7-8-26-19)16(18(22)25)11(2)24(15)10-12-5-6-13(20)14(21)9-12/h5-9H,3-4,10H2,1-2H3,(H2,22,25). The minimum absolute atomic E-state index is 0.323. The molecule has 136 valence electrons. The molecule has 3 aromatic rings. The molecule has 0 spiro atoms. The minimum Gasteiger partial charge on any atom is -0.366 e. The second-order valence-corrected chi connectivity index (χ2v) is 6.96. The lowest BCUT2D eigenvalue weighted by atomic mass is 10.1. The van der Waals surface area contributed by atoms with Gasteiger partial charge in [-0.15, -0.1) is 11.3 Å². The minimum atomic E-state index is -0.889. The smallest absolute Gasteiger partial charge is 0.251 e. The van der Waals surface area contributed by atoms with E-state index in [1.165, 1.54) is 17.4 Å². The van der Waals surface area contributed by atoms with Crippen LogP contribution in [0.5, 0.6) is 0 Å². The van der Waals surface area contributed by atoms with Crippen LogP contribution < -0.4 is 5.73 Å². The van der Waals surface area contributed by atoms with Gasteiger partial charge in [0.2, 0.25) is 0 Å². The number of carbonyl (C=O) groups excluding carboxylic acids is 1. The topological polar surface area (TPSA) is 60.9 Å². The zero-order valence-electron chi connectivity index (χ0n) is 14.6. The number of hydrogen-bond acceptors (Lipinski definition) is 3. The van der Waals surface area contributed by atoms with Crippen LogP contribution in [0.1, 0.15) is 40.7 Å². The van der Waals surface area contributed by atoms with E-state index in [0.717, 1.165) is 28.8 Å². The van der Waals surface area contributed by atoms with Crippen molar-refractivity contribution < 1.29 is 13.6 Å². The van der Waals surface area contributed by atoms with E-state index in [0.29, 0.717) is 29.8 Å². The van der Waals surface area contributed by atoms with Gasteiger partial charge in [0, 0.05) is 35.1 Å². The first-order valence-electron chi connectivity index (χ1n) is 8.29. The monoisotopic (exact) mass is 375 g/mol. The molecule has 0 bridgehead atoms. The van der Waals surface area contributed by atoms with E-state index in [2.05, 4.69) is 4.98 Å². The largest absolute Gasteiger partial charge is 0.366 e. The Hall–Kier alpha value is -2.54. The molecule has 26 heavy (non-hydrogen) atoms. The Morgan fingerprint density at radius 3 is 2.65 bits per heavy atom. The Morgan fingerprint density at radius 2 is 2.08 bits per heavy atom. The quantitative estimate of drug-likeness (QED) is 0.698. The van der Waals surface area contributed by atoms with Gasteiger partial charge in [0.15, 0.2) is 11.6 Å². The predicted octanol–water partition coefficient (Wildman–Crippen LogP) is 4.30. The molecule has 0 unspecified atom stereocenters. The number of nitrogens with two attached hydrogens (primary N) is 1. The summed E-state index contributed by atoms with van der Waals surface area (Å²) in [5, 5.41) is 2.58. The first kappa shape index (κ1) is 18.3. The number of aromatic nitrogens is 2. The van der Waals surface area contributed by atoms with E-state index in [1.54, 1.807) is 12.3 Å². The molecule has 1 aromatic carbocycles. The first-order chi connectivity index (χ1) is 12.4. The van der Waals surface area contributed by atoms with Crippen molar-refractivity contribution in [1.82, 2.24) is 9.55 Å². The Bertz CT molecular complexity index is 948. The summed E-state index contributed by atoms with van der Waals surface area (Å²) in [6, 6.07) is 3.83. The number of primary amides is 1. The normalized spacial score (nSPS) is 11.1. The third kappa shape index (κ3) is 3.26. The number of rotatable bonds is 6. The highest BCUT2D eigenvalue weighted by Gasteiger charge is 2.25. The molecule has 3 rings (SSSR count). The molecular formula is C19H19F2N3OS. The molecule has 7 heteroatoms. The molecule has 0 aliphatic heterocycles. The summed E-state index contributed by atoms with van der Waals surface area (Å²) in [5.41, 5.74) is 9.08. The lowest BCUT2D eigenvalue weighted by Crippen LogP contribution is -2.13. The SMILES string of the molecule is CCCc1c(-c2nccs2)c(C(N)=O)c(C)n1Cc1ccc(F)c(F)c1. The Balaban J connectivity index is 2.19. The molecule has 0 fully saturated rings. The van der Waals surface area contributed by atoms with Crippen LogP contribution in [-0.4, -0.2) is 15.5 Å². The summed E-state index contributed by atoms with van der Waals surface area (Å²) in [4.78, 5) is 16.5. The van der Waals surface area contributed by atoms with Gasteiger partial charge in [-0.25, -0.2) is 13.8 Å². The molecule has 4 nitrogen and oxygen atoms in total. The summed E-state index contributed by atoms with van der Waals surface area (Å²) in [6.07, 6.45) is 3.26. The average molecular weight is 375 g/mol. The molecule has 0 atom stereocenters. The molecule has 2 heterocycles. The van der Waals surface area contributed by atoms with Gasteiger partial charge in [-0.3, -0.25) is 4.79 Å². The number of halogens is 2. The van der Waals surface area contributed by atoms with Gasteiger partial charge in [0.1, 0.15) is 5.01 Å². The second kappa shape index (κ2) is 7.37. The maximum atomic E-state index is 13.6. The van der Waals surface area contributed by atoms with Gasteiger partial charge in [-0.05, 0) is 31.0 Å². The van der Waals surface area contributed by atoms with Crippen LogP contribution in [0.4, 0.5) is 8.78 Å². The van der Waals surface area contributed by atoms with Gasteiger partial charge in [-0.2, -0.15) is 0 Å². The third-order valence-corrected chi connectivity index (χ3v) is 5.13. The van der Waals surface area contributed by atoms with Crippen LogP contribution in [0, 0.1) is 18.6 Å². The van der Waals surface area contributed by atoms with Crippen molar-refractivity contribution in [2.75, 3.05) is 0 Å². The van der Waals surface area contributed by atoms with Crippen molar-refractivity contribution in [2.24, 2.45) is 5.73 Å². The lowest BCUT2D eigenvalue weighted by Gasteiger charge is -2.12. The summed E-state index contributed by atoms with van der Waals surface area (Å²) < 4.78 is 28.8. The predicted molar refractivity (Wildman–Crippen MR) is 98.2 cm³/mol. The maximum Gasteiger partial charge on any atom is 0.251 e. The Morgan fingerprint density at radius 1 is 1.31 bits per heavy atom. The van der Waals surface area contributed by atoms with Crippen LogP contribution in [0.25, 0.3) is 10.6 Å². The van der Waals surface area contributed by atoms with Crippen LogP contribution in [0.3, 0.4) is 0 Å². The van der Waals surface area contributed by atoms with Crippen LogP contribution in [-0.2, 0) is 13.0 Å². The molecule has 0 saturated heterocycles. The molecule has 0 aliphatic rings. The highest BCUT2D eigenvalue weighted by molar-refractivity contribution is 7.13. The molecule has 0 saturated carbocycles. The number of carbonyl (C=O) groups is 1. The highest BCUT2D eigenvalue weighted by atomic mass is 32.1. The van der Waals surface area contributed by atoms with Crippen molar-refractivity contribution >= 4 is 17.2 Å². The fourth-order valence-electron chi connectivity index (χ4n) is 3.21. The Labute approximate surface area is 154 Å². The van der Waals surface area contributed by atoms with Crippen LogP contribution in [0.15, 0.2) is 29.8 Å². The fourth-order valence-corrected chi connectivity index (χ4v) is 3.92. The summed E-state index contributed by atoms with van der Waals surface area (Å²) >= 11 is 1.44. The maximum absolute atomic E-state index is 13.6. The second-order valence-electron chi connectivity index (χ2n) is 6.07. The molecule has 2 N–H and O–H groups in total. The third-order valence-electron chi connectivity index (χ3n) is 4.34. The van der Waals surface area contributed by atoms with Crippen LogP contribution >= 0.6 is 11.3 Å². The molecule has 1 amide bonds. The van der Waals surface area contributed by atoms with E-state index >= 15 is 0 Å². The van der Waals surface area contributed by atoms with Gasteiger partial charge in [0.25, 0.3) is 5.91 Å². The fraction of sp³-hybridized carbons (Fsp3) is 0.263. The zero-order chi connectivity index (χ0) is 18.8. The van der Waals surface area contributed by atoms with Crippen molar-refractivity contribution in [2.45, 2.75) is 33.2 Å². The van der Waals surface area contributed by atoms with E-state index < -0.39 is 17.5 Å². The molecule has 0 radical (unpaired) electrons. The van der Waals surface area contributed by atoms with Crippen LogP contribution in [0.2, 0.25) is 0 Å². The number of thiazole rings is 1. The van der Waals surface area contributed by atoms with E-state index in [-0.39, 0.29) is 0 Å².